The number of fused-ring (bicyclic) bond motifs is 1. The molecule has 0 bridgehead atoms. The van der Waals surface area contributed by atoms with Crippen LogP contribution in [0.25, 0.3) is 11.3 Å². The van der Waals surface area contributed by atoms with Crippen LogP contribution in [0.3, 0.4) is 0 Å². The fourth-order valence-corrected chi connectivity index (χ4v) is 10.3. The number of hydrogen-bond acceptors (Lipinski definition) is 14. The highest BCUT2D eigenvalue weighted by molar-refractivity contribution is 7.09. The molecule has 1 N–H and O–H groups in total. The van der Waals surface area contributed by atoms with Gasteiger partial charge in [-0.05, 0) is 91.9 Å². The number of nitrogens with zero attached hydrogens (tertiary/aromatic N) is 4. The summed E-state index contributed by atoms with van der Waals surface area (Å²) < 4.78 is 31.4. The lowest BCUT2D eigenvalue weighted by molar-refractivity contribution is -0.296. The summed E-state index contributed by atoms with van der Waals surface area (Å²) in [4.78, 5) is 69.6. The van der Waals surface area contributed by atoms with E-state index in [4.69, 9.17) is 28.7 Å². The highest BCUT2D eigenvalue weighted by Gasteiger charge is 2.60. The maximum Gasteiger partial charge on any atom is 0.410 e. The fraction of sp³-hybridized carbons (Fsp3) is 0.727. The van der Waals surface area contributed by atoms with Crippen molar-refractivity contribution >= 4 is 35.0 Å². The fourth-order valence-electron chi connectivity index (χ4n) is 9.50. The molecule has 3 aliphatic rings. The first-order chi connectivity index (χ1) is 27.9. The zero-order chi connectivity index (χ0) is 43.4. The van der Waals surface area contributed by atoms with Crippen LogP contribution in [0.5, 0.6) is 0 Å². The number of ketones is 2. The Balaban J connectivity index is 1.43. The van der Waals surface area contributed by atoms with Crippen molar-refractivity contribution in [1.82, 2.24) is 19.8 Å². The molecule has 0 aromatic carbocycles. The Morgan fingerprint density at radius 3 is 2.42 bits per heavy atom. The summed E-state index contributed by atoms with van der Waals surface area (Å²) in [6, 6.07) is 2.80. The summed E-state index contributed by atoms with van der Waals surface area (Å²) in [7, 11) is 3.43. The maximum absolute atomic E-state index is 14.7. The number of aliphatic hydroxyl groups excluding tert-OH is 1. The van der Waals surface area contributed by atoms with E-state index in [1.54, 1.807) is 56.3 Å². The minimum Gasteiger partial charge on any atom is -0.458 e. The predicted octanol–water partition coefficient (Wildman–Crippen LogP) is 6.12. The van der Waals surface area contributed by atoms with Crippen LogP contribution in [-0.4, -0.2) is 130 Å². The summed E-state index contributed by atoms with van der Waals surface area (Å²) in [6.45, 7) is 17.1. The number of aryl methyl sites for hydroxylation is 1. The standard InChI is InChI=1S/C44H66N4O10S/c1-12-33-44(9)38(48(42(53)58-44)20-15-14-18-34-46-31(24-59-34)30-17-16-19-45-23-30)27(5)35(49)25(3)22-43(8,54-11)39(28(6)36(50)29(7)40(52)56-33)57-41-37(51)32(47(10)13-2)21-26(4)55-41/h16-17,19,23-29,32-33,37-39,41,51H,12-15,18,20-22H2,1-11H3/t25-,26-,27+,28+,29-,32+,33-,37-,38+,39-,41+,43-,44-/m1/s1. The second-order valence-corrected chi connectivity index (χ2v) is 18.3. The normalized spacial score (nSPS) is 36.3. The number of pyridine rings is 1. The van der Waals surface area contributed by atoms with Crippen molar-refractivity contribution in [1.29, 1.82) is 0 Å². The van der Waals surface area contributed by atoms with Gasteiger partial charge in [0.15, 0.2) is 17.7 Å². The number of unbranched alkanes of at least 4 members (excludes halogenated alkanes) is 1. The first-order valence-corrected chi connectivity index (χ1v) is 22.1. The highest BCUT2D eigenvalue weighted by atomic mass is 32.1. The number of hydrogen-bond donors (Lipinski definition) is 1. The van der Waals surface area contributed by atoms with Gasteiger partial charge in [-0.3, -0.25) is 19.4 Å². The zero-order valence-corrected chi connectivity index (χ0v) is 37.5. The molecule has 0 aliphatic carbocycles. The van der Waals surface area contributed by atoms with Crippen molar-refractivity contribution in [2.75, 3.05) is 27.2 Å². The molecule has 15 heteroatoms. The van der Waals surface area contributed by atoms with Gasteiger partial charge < -0.3 is 38.6 Å². The van der Waals surface area contributed by atoms with Gasteiger partial charge in [-0.1, -0.05) is 34.6 Å². The van der Waals surface area contributed by atoms with E-state index in [0.29, 0.717) is 32.4 Å². The van der Waals surface area contributed by atoms with E-state index in [-0.39, 0.29) is 30.8 Å². The van der Waals surface area contributed by atoms with Gasteiger partial charge in [0.2, 0.25) is 0 Å². The Hall–Kier alpha value is -3.34. The summed E-state index contributed by atoms with van der Waals surface area (Å²) >= 11 is 1.58. The van der Waals surface area contributed by atoms with Crippen LogP contribution in [0, 0.1) is 23.7 Å². The van der Waals surface area contributed by atoms with Crippen LogP contribution in [0.1, 0.15) is 99.4 Å². The number of rotatable bonds is 12. The molecular weight excluding hydrogens is 777 g/mol. The molecule has 3 aliphatic heterocycles. The Kier molecular flexibility index (Phi) is 15.5. The topological polar surface area (TPSA) is 167 Å². The van der Waals surface area contributed by atoms with Crippen molar-refractivity contribution in [3.63, 3.8) is 0 Å². The van der Waals surface area contributed by atoms with Gasteiger partial charge >= 0.3 is 12.1 Å². The molecule has 2 aromatic rings. The van der Waals surface area contributed by atoms with Crippen molar-refractivity contribution in [3.05, 3.63) is 34.9 Å². The van der Waals surface area contributed by atoms with E-state index in [0.717, 1.165) is 22.7 Å². The molecule has 328 valence electrons. The van der Waals surface area contributed by atoms with Crippen LogP contribution in [0.2, 0.25) is 0 Å². The minimum absolute atomic E-state index is 0.134. The van der Waals surface area contributed by atoms with E-state index in [9.17, 15) is 24.3 Å². The monoisotopic (exact) mass is 842 g/mol. The average molecular weight is 843 g/mol. The number of likely N-dealkylation sites (N-methyl/N-ethyl adjacent to an activating group) is 1. The van der Waals surface area contributed by atoms with Crippen LogP contribution < -0.4 is 0 Å². The van der Waals surface area contributed by atoms with Crippen LogP contribution in [0.15, 0.2) is 29.9 Å². The number of cyclic esters (lactones) is 1. The maximum atomic E-state index is 14.7. The van der Waals surface area contributed by atoms with Gasteiger partial charge in [0.1, 0.15) is 23.9 Å². The third-order valence-electron chi connectivity index (χ3n) is 13.1. The van der Waals surface area contributed by atoms with Gasteiger partial charge in [0.05, 0.1) is 34.6 Å². The lowest BCUT2D eigenvalue weighted by Crippen LogP contribution is -2.60. The highest BCUT2D eigenvalue weighted by Crippen LogP contribution is 2.43. The average Bonchev–Trinajstić information content (AvgIpc) is 3.80. The molecule has 5 rings (SSSR count). The van der Waals surface area contributed by atoms with Crippen molar-refractivity contribution in [3.8, 4) is 11.3 Å². The molecule has 0 unspecified atom stereocenters. The minimum atomic E-state index is -1.40. The Bertz CT molecular complexity index is 1760. The largest absolute Gasteiger partial charge is 0.458 e. The summed E-state index contributed by atoms with van der Waals surface area (Å²) in [6.07, 6.45) is 1.55. The molecule has 5 heterocycles. The number of aromatic nitrogens is 2. The van der Waals surface area contributed by atoms with Gasteiger partial charge in [-0.25, -0.2) is 9.78 Å². The Morgan fingerprint density at radius 2 is 1.78 bits per heavy atom. The molecule has 3 fully saturated rings. The number of ether oxygens (including phenoxy) is 5. The van der Waals surface area contributed by atoms with Gasteiger partial charge in [-0.2, -0.15) is 0 Å². The Labute approximate surface area is 353 Å². The first kappa shape index (κ1) is 46.7. The summed E-state index contributed by atoms with van der Waals surface area (Å²) in [5.41, 5.74) is -0.845. The van der Waals surface area contributed by atoms with Gasteiger partial charge in [0.25, 0.3) is 0 Å². The smallest absolute Gasteiger partial charge is 0.410 e. The number of methoxy groups -OCH3 is 1. The molecule has 2 aromatic heterocycles. The third-order valence-corrected chi connectivity index (χ3v) is 14.0. The lowest BCUT2D eigenvalue weighted by atomic mass is 9.73. The van der Waals surface area contributed by atoms with Gasteiger partial charge in [-0.15, -0.1) is 11.3 Å². The quantitative estimate of drug-likeness (QED) is 0.148. The second-order valence-electron chi connectivity index (χ2n) is 17.3. The number of carbonyl (C=O) groups is 4. The Morgan fingerprint density at radius 1 is 1.05 bits per heavy atom. The number of amides is 1. The number of esters is 1. The van der Waals surface area contributed by atoms with Crippen LogP contribution in [-0.2, 0) is 44.5 Å². The molecule has 59 heavy (non-hydrogen) atoms. The summed E-state index contributed by atoms with van der Waals surface area (Å²) in [5.74, 6) is -4.92. The van der Waals surface area contributed by atoms with Crippen molar-refractivity contribution in [2.45, 2.75) is 155 Å². The molecule has 0 spiro atoms. The van der Waals surface area contributed by atoms with Gasteiger partial charge in [0, 0.05) is 60.8 Å². The van der Waals surface area contributed by atoms with E-state index < -0.39 is 83.4 Å². The van der Waals surface area contributed by atoms with Crippen LogP contribution >= 0.6 is 11.3 Å². The number of Topliss-reactive ketones (excluding diaryl/α,β-unsaturated/α-hetero) is 2. The molecule has 0 radical (unpaired) electrons. The van der Waals surface area contributed by atoms with Crippen molar-refractivity contribution in [2.24, 2.45) is 23.7 Å². The third kappa shape index (κ3) is 9.91. The number of carbonyl (C=O) groups excluding carboxylic acids is 4. The van der Waals surface area contributed by atoms with Crippen molar-refractivity contribution < 1.29 is 48.0 Å². The number of thiazole rings is 1. The number of aliphatic hydroxyl groups is 1. The molecular formula is C44H66N4O10S. The van der Waals surface area contributed by atoms with E-state index in [2.05, 4.69) is 4.98 Å². The molecule has 13 atom stereocenters. The summed E-state index contributed by atoms with van der Waals surface area (Å²) in [5, 5.41) is 14.6. The van der Waals surface area contributed by atoms with Crippen LogP contribution in [0.4, 0.5) is 4.79 Å². The molecule has 3 saturated heterocycles. The zero-order valence-electron chi connectivity index (χ0n) is 36.7. The second kappa shape index (κ2) is 19.6. The molecule has 1 amide bonds. The molecule has 14 nitrogen and oxygen atoms in total. The SMILES string of the molecule is CC[C@H]1OC(=O)[C@H](C)C(=O)[C@H](C)[C@@H](O[C@@H]2O[C@H](C)C[C@H](N(C)CC)[C@H]2O)[C@](C)(OC)C[C@@H](C)C(=O)[C@H](C)[C@@H]2N(CCCCc3nc(-c4cccnc4)cs3)C(=O)O[C@@]21C. The lowest BCUT2D eigenvalue weighted by Gasteiger charge is -2.47. The first-order valence-electron chi connectivity index (χ1n) is 21.3. The van der Waals surface area contributed by atoms with E-state index in [1.165, 1.54) is 14.0 Å². The van der Waals surface area contributed by atoms with E-state index in [1.807, 2.05) is 57.2 Å². The van der Waals surface area contributed by atoms with E-state index >= 15 is 0 Å². The molecule has 0 saturated carbocycles. The predicted molar refractivity (Wildman–Crippen MR) is 222 cm³/mol.